The van der Waals surface area contributed by atoms with Gasteiger partial charge in [0.1, 0.15) is 28.6 Å². The van der Waals surface area contributed by atoms with Gasteiger partial charge in [0, 0.05) is 21.2 Å². The summed E-state index contributed by atoms with van der Waals surface area (Å²) in [6, 6.07) is 24.0. The van der Waals surface area contributed by atoms with Crippen molar-refractivity contribution in [3.63, 3.8) is 0 Å². The van der Waals surface area contributed by atoms with E-state index in [-0.39, 0.29) is 44.8 Å². The Kier molecular flexibility index (Phi) is 13.0. The highest BCUT2D eigenvalue weighted by Crippen LogP contribution is 2.41. The molecule has 2 atom stereocenters. The quantitative estimate of drug-likeness (QED) is 0.140. The van der Waals surface area contributed by atoms with E-state index in [9.17, 15) is 9.59 Å². The first kappa shape index (κ1) is 40.8. The Hall–Kier alpha value is -3.40. The van der Waals surface area contributed by atoms with Crippen LogP contribution in [0.1, 0.15) is 78.9 Å². The first-order valence-electron chi connectivity index (χ1n) is 17.5. The zero-order valence-corrected chi connectivity index (χ0v) is 34.7. The van der Waals surface area contributed by atoms with Crippen molar-refractivity contribution in [1.82, 2.24) is 5.43 Å². The molecule has 280 valence electrons. The standard InChI is InChI=1S/C41H44Cl4N4O3S/c1-8-40(4,5)25-15-18-34(29(20-25)41(6,7)9-2)52-24(3)19-35(50)46-27-16-17-30(43)33(23-27)47-38-37(53-28-13-11-10-12-14-28)39(51)49(48-38)36-31(44)21-26(42)22-32(36)45/h10-18,20-24,37H,8-9,19H2,1-7H3,(H,46,50)(H,47,48). The van der Waals surface area contributed by atoms with E-state index in [0.29, 0.717) is 27.3 Å². The van der Waals surface area contributed by atoms with E-state index in [1.807, 2.05) is 43.3 Å². The van der Waals surface area contributed by atoms with Gasteiger partial charge in [-0.25, -0.2) is 10.0 Å². The number of ether oxygens (including phenoxy) is 1. The third-order valence-electron chi connectivity index (χ3n) is 9.65. The number of aliphatic imine (C=N–C) groups is 1. The first-order valence-corrected chi connectivity index (χ1v) is 19.9. The van der Waals surface area contributed by atoms with Crippen LogP contribution in [0.15, 0.2) is 88.8 Å². The highest BCUT2D eigenvalue weighted by molar-refractivity contribution is 8.01. The van der Waals surface area contributed by atoms with Crippen LogP contribution in [-0.2, 0) is 20.4 Å². The molecule has 4 aromatic carbocycles. The number of hydrogen-bond donors (Lipinski definition) is 2. The molecule has 1 heterocycles. The van der Waals surface area contributed by atoms with E-state index in [0.717, 1.165) is 29.1 Å². The zero-order chi connectivity index (χ0) is 38.7. The number of nitrogens with zero attached hydrogens (tertiary/aromatic N) is 2. The molecule has 7 nitrogen and oxygen atoms in total. The minimum absolute atomic E-state index is 0.0351. The molecule has 1 fully saturated rings. The molecule has 0 aliphatic carbocycles. The molecule has 12 heteroatoms. The molecular formula is C41H44Cl4N4O3S. The number of rotatable bonds is 13. The van der Waals surface area contributed by atoms with E-state index in [1.54, 1.807) is 18.2 Å². The van der Waals surface area contributed by atoms with E-state index in [1.165, 1.54) is 34.5 Å². The predicted molar refractivity (Wildman–Crippen MR) is 223 cm³/mol. The highest BCUT2D eigenvalue weighted by Gasteiger charge is 2.41. The van der Waals surface area contributed by atoms with Gasteiger partial charge in [-0.2, -0.15) is 0 Å². The Bertz CT molecular complexity index is 2000. The van der Waals surface area contributed by atoms with Gasteiger partial charge in [-0.15, -0.1) is 11.8 Å². The number of amides is 2. The van der Waals surface area contributed by atoms with E-state index in [2.05, 4.69) is 64.4 Å². The summed E-state index contributed by atoms with van der Waals surface area (Å²) in [5.41, 5.74) is 6.50. The Morgan fingerprint density at radius 3 is 2.21 bits per heavy atom. The van der Waals surface area contributed by atoms with Crippen LogP contribution in [0, 0.1) is 0 Å². The molecule has 0 saturated carbocycles. The molecule has 2 amide bonds. The van der Waals surface area contributed by atoms with Crippen molar-refractivity contribution in [3.8, 4) is 5.75 Å². The molecule has 53 heavy (non-hydrogen) atoms. The number of hydrazine groups is 1. The van der Waals surface area contributed by atoms with Gasteiger partial charge in [-0.05, 0) is 84.7 Å². The van der Waals surface area contributed by atoms with Crippen LogP contribution in [0.3, 0.4) is 0 Å². The second-order valence-electron chi connectivity index (χ2n) is 14.3. The minimum Gasteiger partial charge on any atom is -0.490 e. The summed E-state index contributed by atoms with van der Waals surface area (Å²) in [6.07, 6.45) is 1.67. The fourth-order valence-electron chi connectivity index (χ4n) is 5.72. The molecule has 4 aromatic rings. The molecule has 2 unspecified atom stereocenters. The van der Waals surface area contributed by atoms with Crippen molar-refractivity contribution >= 4 is 92.9 Å². The van der Waals surface area contributed by atoms with Crippen LogP contribution in [0.5, 0.6) is 5.75 Å². The molecule has 1 aliphatic rings. The lowest BCUT2D eigenvalue weighted by atomic mass is 9.76. The molecule has 1 aliphatic heterocycles. The number of hydrogen-bond acceptors (Lipinski definition) is 5. The van der Waals surface area contributed by atoms with Gasteiger partial charge in [0.15, 0.2) is 0 Å². The van der Waals surface area contributed by atoms with Crippen molar-refractivity contribution < 1.29 is 14.3 Å². The normalized spacial score (nSPS) is 16.1. The zero-order valence-electron chi connectivity index (χ0n) is 30.8. The van der Waals surface area contributed by atoms with Gasteiger partial charge in [-0.1, -0.05) is 118 Å². The van der Waals surface area contributed by atoms with Crippen molar-refractivity contribution in [1.29, 1.82) is 0 Å². The Morgan fingerprint density at radius 1 is 0.906 bits per heavy atom. The maximum atomic E-state index is 13.9. The van der Waals surface area contributed by atoms with E-state index >= 15 is 0 Å². The van der Waals surface area contributed by atoms with Crippen LogP contribution in [0.25, 0.3) is 0 Å². The summed E-state index contributed by atoms with van der Waals surface area (Å²) in [6.45, 7) is 15.2. The van der Waals surface area contributed by atoms with Crippen LogP contribution in [0.4, 0.5) is 17.1 Å². The third kappa shape index (κ3) is 9.65. The van der Waals surface area contributed by atoms with Gasteiger partial charge >= 0.3 is 0 Å². The molecule has 0 bridgehead atoms. The Morgan fingerprint density at radius 2 is 1.57 bits per heavy atom. The highest BCUT2D eigenvalue weighted by atomic mass is 35.5. The lowest BCUT2D eigenvalue weighted by Gasteiger charge is -2.31. The van der Waals surface area contributed by atoms with Crippen molar-refractivity contribution in [3.05, 3.63) is 110 Å². The summed E-state index contributed by atoms with van der Waals surface area (Å²) >= 11 is 27.1. The molecule has 2 N–H and O–H groups in total. The number of nitrogens with one attached hydrogen (secondary N) is 2. The molecule has 0 aromatic heterocycles. The van der Waals surface area contributed by atoms with Crippen LogP contribution < -0.4 is 20.5 Å². The lowest BCUT2D eigenvalue weighted by Crippen LogP contribution is -2.36. The predicted octanol–water partition coefficient (Wildman–Crippen LogP) is 12.2. The maximum Gasteiger partial charge on any atom is 0.267 e. The number of benzene rings is 4. The van der Waals surface area contributed by atoms with Gasteiger partial charge < -0.3 is 10.1 Å². The lowest BCUT2D eigenvalue weighted by molar-refractivity contribution is -0.118. The van der Waals surface area contributed by atoms with Crippen LogP contribution in [-0.4, -0.2) is 29.0 Å². The van der Waals surface area contributed by atoms with Gasteiger partial charge in [-0.3, -0.25) is 15.0 Å². The van der Waals surface area contributed by atoms with Gasteiger partial charge in [0.2, 0.25) is 5.91 Å². The average molecular weight is 815 g/mol. The van der Waals surface area contributed by atoms with Gasteiger partial charge in [0.05, 0.1) is 27.2 Å². The molecule has 1 saturated heterocycles. The number of halogens is 4. The third-order valence-corrected chi connectivity index (χ3v) is 12.0. The van der Waals surface area contributed by atoms with Crippen LogP contribution >= 0.6 is 58.2 Å². The number of amidine groups is 1. The Labute approximate surface area is 336 Å². The smallest absolute Gasteiger partial charge is 0.267 e. The van der Waals surface area contributed by atoms with Gasteiger partial charge in [0.25, 0.3) is 5.91 Å². The van der Waals surface area contributed by atoms with Crippen molar-refractivity contribution in [2.24, 2.45) is 4.99 Å². The molecule has 0 spiro atoms. The number of anilines is 2. The molecule has 5 rings (SSSR count). The monoisotopic (exact) mass is 812 g/mol. The summed E-state index contributed by atoms with van der Waals surface area (Å²) in [5, 5.41) is 4.48. The second kappa shape index (κ2) is 17.0. The molecular weight excluding hydrogens is 770 g/mol. The largest absolute Gasteiger partial charge is 0.490 e. The maximum absolute atomic E-state index is 13.9. The van der Waals surface area contributed by atoms with Crippen molar-refractivity contribution in [2.45, 2.75) is 94.8 Å². The van der Waals surface area contributed by atoms with Crippen LogP contribution in [0.2, 0.25) is 20.1 Å². The molecule has 0 radical (unpaired) electrons. The van der Waals surface area contributed by atoms with Crippen molar-refractivity contribution in [2.75, 3.05) is 10.3 Å². The second-order valence-corrected chi connectivity index (χ2v) is 17.2. The number of thioether (sulfide) groups is 1. The first-order chi connectivity index (χ1) is 25.0. The fourth-order valence-corrected chi connectivity index (χ4v) is 7.87. The summed E-state index contributed by atoms with van der Waals surface area (Å²) in [4.78, 5) is 32.9. The topological polar surface area (TPSA) is 83.0 Å². The summed E-state index contributed by atoms with van der Waals surface area (Å²) in [7, 11) is 0. The minimum atomic E-state index is -0.794. The summed E-state index contributed by atoms with van der Waals surface area (Å²) < 4.78 is 6.44. The van der Waals surface area contributed by atoms with E-state index < -0.39 is 11.4 Å². The SMILES string of the molecule is CCC(C)(C)c1ccc(OC(C)CC(=O)Nc2ccc(Cl)c(N=C3NN(c4c(Cl)cc(Cl)cc4Cl)C(=O)C3Sc3ccccc3)c2)c(C(C)(C)CC)c1. The number of carbonyl (C=O) groups excluding carboxylic acids is 2. The van der Waals surface area contributed by atoms with E-state index in [4.69, 9.17) is 56.1 Å². The number of carbonyl (C=O) groups is 2. The Balaban J connectivity index is 1.37. The average Bonchev–Trinajstić information content (AvgIpc) is 3.39. The summed E-state index contributed by atoms with van der Waals surface area (Å²) in [5.74, 6) is 0.516. The fraction of sp³-hybridized carbons (Fsp3) is 0.341.